The maximum Gasteiger partial charge on any atom is 0.208 e. The molecule has 0 fully saturated rings. The fourth-order valence-corrected chi connectivity index (χ4v) is 3.13. The van der Waals surface area contributed by atoms with Gasteiger partial charge >= 0.3 is 0 Å². The van der Waals surface area contributed by atoms with Crippen molar-refractivity contribution in [1.29, 1.82) is 0 Å². The number of hydrogen-bond donors (Lipinski definition) is 0. The summed E-state index contributed by atoms with van der Waals surface area (Å²) in [7, 11) is 7.90. The van der Waals surface area contributed by atoms with Crippen LogP contribution in [-0.2, 0) is 4.18 Å². The molecule has 0 unspecified atom stereocenters. The number of methoxy groups -OCH3 is 4. The van der Waals surface area contributed by atoms with E-state index in [2.05, 4.69) is 0 Å². The lowest BCUT2D eigenvalue weighted by Crippen LogP contribution is -2.02. The second-order valence-corrected chi connectivity index (χ2v) is 5.36. The van der Waals surface area contributed by atoms with Crippen LogP contribution in [0.1, 0.15) is 0 Å². The third kappa shape index (κ3) is 3.18. The third-order valence-corrected chi connectivity index (χ3v) is 4.05. The summed E-state index contributed by atoms with van der Waals surface area (Å²) in [6, 6.07) is 9.85. The second-order valence-electron chi connectivity index (χ2n) is 4.45. The normalized spacial score (nSPS) is 10.3. The number of hydrogen-bond acceptors (Lipinski definition) is 6. The van der Waals surface area contributed by atoms with Gasteiger partial charge in [0.2, 0.25) is 11.5 Å². The highest BCUT2D eigenvalue weighted by molar-refractivity contribution is 7.95. The van der Waals surface area contributed by atoms with Crippen LogP contribution < -0.4 is 18.9 Å². The molecular weight excluding hydrogens is 316 g/mol. The molecule has 2 aromatic carbocycles. The monoisotopic (exact) mass is 336 g/mol. The van der Waals surface area contributed by atoms with Crippen molar-refractivity contribution in [3.8, 4) is 34.1 Å². The van der Waals surface area contributed by atoms with Gasteiger partial charge in [0, 0.05) is 17.6 Å². The molecule has 5 nitrogen and oxygen atoms in total. The van der Waals surface area contributed by atoms with Crippen molar-refractivity contribution >= 4 is 12.0 Å². The first kappa shape index (κ1) is 17.3. The molecule has 0 saturated carbocycles. The summed E-state index contributed by atoms with van der Waals surface area (Å²) in [6.07, 6.45) is 0. The van der Waals surface area contributed by atoms with Gasteiger partial charge in [-0.2, -0.15) is 0 Å². The first-order chi connectivity index (χ1) is 11.2. The minimum atomic E-state index is 0.464. The van der Waals surface area contributed by atoms with Gasteiger partial charge in [0.05, 0.1) is 40.4 Å². The van der Waals surface area contributed by atoms with E-state index in [1.807, 2.05) is 30.3 Å². The fraction of sp³-hybridized carbons (Fsp3) is 0.294. The molecule has 0 spiro atoms. The Hall–Kier alpha value is -2.05. The molecule has 2 rings (SSSR count). The average molecular weight is 336 g/mol. The quantitative estimate of drug-likeness (QED) is 0.711. The summed E-state index contributed by atoms with van der Waals surface area (Å²) in [5.41, 5.74) is 1.79. The van der Waals surface area contributed by atoms with Crippen LogP contribution in [0.25, 0.3) is 11.1 Å². The molecule has 0 N–H and O–H groups in total. The third-order valence-electron chi connectivity index (χ3n) is 3.32. The second kappa shape index (κ2) is 7.99. The zero-order chi connectivity index (χ0) is 16.8. The summed E-state index contributed by atoms with van der Waals surface area (Å²) >= 11 is 1.19. The predicted molar refractivity (Wildman–Crippen MR) is 91.0 cm³/mol. The van der Waals surface area contributed by atoms with Gasteiger partial charge in [0.25, 0.3) is 0 Å². The van der Waals surface area contributed by atoms with Crippen LogP contribution in [0.5, 0.6) is 23.0 Å². The van der Waals surface area contributed by atoms with E-state index in [1.165, 1.54) is 12.0 Å². The Morgan fingerprint density at radius 3 is 1.65 bits per heavy atom. The lowest BCUT2D eigenvalue weighted by Gasteiger charge is -2.22. The Kier molecular flexibility index (Phi) is 6.01. The topological polar surface area (TPSA) is 46.2 Å². The van der Waals surface area contributed by atoms with Crippen LogP contribution in [0.2, 0.25) is 0 Å². The van der Waals surface area contributed by atoms with E-state index >= 15 is 0 Å². The molecule has 0 aliphatic carbocycles. The van der Waals surface area contributed by atoms with Gasteiger partial charge in [-0.25, -0.2) is 0 Å². The zero-order valence-electron chi connectivity index (χ0n) is 13.8. The molecule has 0 aliphatic heterocycles. The van der Waals surface area contributed by atoms with Crippen LogP contribution in [0.4, 0.5) is 0 Å². The van der Waals surface area contributed by atoms with E-state index in [9.17, 15) is 0 Å². The summed E-state index contributed by atoms with van der Waals surface area (Å²) < 4.78 is 27.5. The van der Waals surface area contributed by atoms with Crippen molar-refractivity contribution in [2.24, 2.45) is 0 Å². The molecule has 6 heteroatoms. The summed E-state index contributed by atoms with van der Waals surface area (Å²) in [6.45, 7) is 0. The Labute approximate surface area is 140 Å². The van der Waals surface area contributed by atoms with Crippen molar-refractivity contribution in [3.05, 3.63) is 30.3 Å². The van der Waals surface area contributed by atoms with E-state index in [4.69, 9.17) is 23.1 Å². The minimum Gasteiger partial charge on any atom is -0.492 e. The van der Waals surface area contributed by atoms with Gasteiger partial charge in [0.1, 0.15) is 0 Å². The molecule has 2 aromatic rings. The molecule has 23 heavy (non-hydrogen) atoms. The summed E-state index contributed by atoms with van der Waals surface area (Å²) in [4.78, 5) is 0.760. The first-order valence-corrected chi connectivity index (χ1v) is 7.63. The Bertz CT molecular complexity index is 658. The molecule has 0 aromatic heterocycles. The molecule has 0 saturated heterocycles. The molecular formula is C17H20O5S. The van der Waals surface area contributed by atoms with Gasteiger partial charge in [-0.3, -0.25) is 0 Å². The Balaban J connectivity index is 2.91. The van der Waals surface area contributed by atoms with Crippen molar-refractivity contribution in [3.63, 3.8) is 0 Å². The largest absolute Gasteiger partial charge is 0.492 e. The van der Waals surface area contributed by atoms with Gasteiger partial charge < -0.3 is 23.1 Å². The fourth-order valence-electron chi connectivity index (χ4n) is 2.42. The van der Waals surface area contributed by atoms with Crippen molar-refractivity contribution < 1.29 is 23.1 Å². The van der Waals surface area contributed by atoms with Gasteiger partial charge in [-0.1, -0.05) is 30.3 Å². The summed E-state index contributed by atoms with van der Waals surface area (Å²) in [5.74, 6) is 2.05. The van der Waals surface area contributed by atoms with Crippen molar-refractivity contribution in [1.82, 2.24) is 0 Å². The maximum atomic E-state index is 5.62. The van der Waals surface area contributed by atoms with E-state index in [-0.39, 0.29) is 0 Å². The van der Waals surface area contributed by atoms with Crippen LogP contribution in [0.15, 0.2) is 35.2 Å². The average Bonchev–Trinajstić information content (AvgIpc) is 2.60. The molecule has 0 radical (unpaired) electrons. The van der Waals surface area contributed by atoms with E-state index in [0.29, 0.717) is 23.0 Å². The van der Waals surface area contributed by atoms with E-state index in [0.717, 1.165) is 16.0 Å². The number of ether oxygens (including phenoxy) is 4. The molecule has 0 aliphatic rings. The predicted octanol–water partition coefficient (Wildman–Crippen LogP) is 4.04. The maximum absolute atomic E-state index is 5.62. The Morgan fingerprint density at radius 2 is 1.17 bits per heavy atom. The SMILES string of the molecule is COSc1c(OC)c(OC)c(OC)c(OC)c1-c1ccccc1. The smallest absolute Gasteiger partial charge is 0.208 e. The first-order valence-electron chi connectivity index (χ1n) is 6.89. The lowest BCUT2D eigenvalue weighted by atomic mass is 10.0. The van der Waals surface area contributed by atoms with Crippen molar-refractivity contribution in [2.75, 3.05) is 35.5 Å². The van der Waals surface area contributed by atoms with Crippen LogP contribution in [0.3, 0.4) is 0 Å². The molecule has 0 amide bonds. The minimum absolute atomic E-state index is 0.464. The van der Waals surface area contributed by atoms with Crippen LogP contribution >= 0.6 is 12.0 Å². The molecule has 0 heterocycles. The number of rotatable bonds is 7. The van der Waals surface area contributed by atoms with Gasteiger partial charge in [0.15, 0.2) is 11.5 Å². The Morgan fingerprint density at radius 1 is 0.652 bits per heavy atom. The molecule has 0 atom stereocenters. The molecule has 124 valence electrons. The highest BCUT2D eigenvalue weighted by Gasteiger charge is 2.28. The van der Waals surface area contributed by atoms with E-state index in [1.54, 1.807) is 35.5 Å². The summed E-state index contributed by atoms with van der Waals surface area (Å²) in [5, 5.41) is 0. The molecule has 0 bridgehead atoms. The van der Waals surface area contributed by atoms with Crippen LogP contribution in [0, 0.1) is 0 Å². The van der Waals surface area contributed by atoms with E-state index < -0.39 is 0 Å². The lowest BCUT2D eigenvalue weighted by molar-refractivity contribution is 0.301. The highest BCUT2D eigenvalue weighted by Crippen LogP contribution is 2.56. The van der Waals surface area contributed by atoms with Crippen molar-refractivity contribution in [2.45, 2.75) is 4.90 Å². The van der Waals surface area contributed by atoms with Gasteiger partial charge in [-0.15, -0.1) is 0 Å². The highest BCUT2D eigenvalue weighted by atomic mass is 32.2. The van der Waals surface area contributed by atoms with Gasteiger partial charge in [-0.05, 0) is 5.56 Å². The zero-order valence-corrected chi connectivity index (χ0v) is 14.7. The number of benzene rings is 2. The van der Waals surface area contributed by atoms with Crippen LogP contribution in [-0.4, -0.2) is 35.5 Å². The standard InChI is InChI=1S/C17H20O5S/c1-18-13-12(11-9-7-6-8-10-11)17(23-22-5)16(21-4)15(20-3)14(13)19-2/h6-10H,1-5H3.